The van der Waals surface area contributed by atoms with Crippen LogP contribution in [0.5, 0.6) is 0 Å². The zero-order valence-electron chi connectivity index (χ0n) is 10.5. The van der Waals surface area contributed by atoms with Crippen LogP contribution in [0.1, 0.15) is 55.8 Å². The third-order valence-corrected chi connectivity index (χ3v) is 4.54. The van der Waals surface area contributed by atoms with Gasteiger partial charge in [0, 0.05) is 23.7 Å². The van der Waals surface area contributed by atoms with Crippen LogP contribution in [-0.2, 0) is 6.54 Å². The van der Waals surface area contributed by atoms with Crippen molar-refractivity contribution >= 4 is 11.3 Å². The van der Waals surface area contributed by atoms with Gasteiger partial charge in [-0.3, -0.25) is 0 Å². The van der Waals surface area contributed by atoms with Gasteiger partial charge in [-0.25, -0.2) is 4.98 Å². The zero-order chi connectivity index (χ0) is 11.5. The Morgan fingerprint density at radius 1 is 1.56 bits per heavy atom. The summed E-state index contributed by atoms with van der Waals surface area (Å²) in [7, 11) is 0. The van der Waals surface area contributed by atoms with E-state index in [1.807, 2.05) is 17.5 Å². The average Bonchev–Trinajstić information content (AvgIpc) is 2.80. The molecule has 16 heavy (non-hydrogen) atoms. The maximum Gasteiger partial charge on any atom is 0.107 e. The molecule has 1 N–H and O–H groups in total. The molecule has 90 valence electrons. The summed E-state index contributed by atoms with van der Waals surface area (Å²) in [5, 5.41) is 4.85. The molecule has 1 aromatic rings. The lowest BCUT2D eigenvalue weighted by Crippen LogP contribution is -2.17. The molecule has 1 heterocycles. The molecule has 2 nitrogen and oxygen atoms in total. The second-order valence-electron chi connectivity index (χ2n) is 5.08. The molecule has 1 aliphatic carbocycles. The van der Waals surface area contributed by atoms with E-state index in [9.17, 15) is 0 Å². The highest BCUT2D eigenvalue weighted by molar-refractivity contribution is 7.11. The Morgan fingerprint density at radius 3 is 3.00 bits per heavy atom. The number of thiazole rings is 1. The average molecular weight is 238 g/mol. The van der Waals surface area contributed by atoms with Gasteiger partial charge in [0.1, 0.15) is 5.01 Å². The first-order valence-electron chi connectivity index (χ1n) is 6.38. The second kappa shape index (κ2) is 5.28. The first-order chi connectivity index (χ1) is 7.70. The number of nitrogens with zero attached hydrogens (tertiary/aromatic N) is 1. The van der Waals surface area contributed by atoms with Crippen molar-refractivity contribution in [2.75, 3.05) is 0 Å². The monoisotopic (exact) mass is 238 g/mol. The van der Waals surface area contributed by atoms with Gasteiger partial charge in [0.25, 0.3) is 0 Å². The van der Waals surface area contributed by atoms with Gasteiger partial charge in [0.2, 0.25) is 0 Å². The summed E-state index contributed by atoms with van der Waals surface area (Å²) >= 11 is 1.85. The van der Waals surface area contributed by atoms with Crippen molar-refractivity contribution in [3.8, 4) is 0 Å². The number of rotatable bonds is 6. The molecule has 1 aliphatic rings. The van der Waals surface area contributed by atoms with Crippen molar-refractivity contribution in [1.82, 2.24) is 10.3 Å². The lowest BCUT2D eigenvalue weighted by molar-refractivity contribution is 0.598. The molecule has 1 aromatic heterocycles. The molecule has 2 rings (SSSR count). The van der Waals surface area contributed by atoms with E-state index in [1.54, 1.807) is 0 Å². The highest BCUT2D eigenvalue weighted by atomic mass is 32.1. The molecule has 0 spiro atoms. The van der Waals surface area contributed by atoms with Crippen molar-refractivity contribution in [3.63, 3.8) is 0 Å². The van der Waals surface area contributed by atoms with Crippen molar-refractivity contribution in [3.05, 3.63) is 16.1 Å². The van der Waals surface area contributed by atoms with E-state index in [2.05, 4.69) is 31.1 Å². The van der Waals surface area contributed by atoms with Crippen molar-refractivity contribution < 1.29 is 0 Å². The van der Waals surface area contributed by atoms with Crippen molar-refractivity contribution in [2.24, 2.45) is 5.92 Å². The predicted octanol–water partition coefficient (Wildman–Crippen LogP) is 3.54. The van der Waals surface area contributed by atoms with Gasteiger partial charge in [-0.2, -0.15) is 0 Å². The van der Waals surface area contributed by atoms with Gasteiger partial charge in [0.05, 0.1) is 0 Å². The molecule has 0 bridgehead atoms. The van der Waals surface area contributed by atoms with Crippen LogP contribution in [-0.4, -0.2) is 11.0 Å². The van der Waals surface area contributed by atoms with E-state index in [0.717, 1.165) is 18.5 Å². The minimum Gasteiger partial charge on any atom is -0.307 e. The van der Waals surface area contributed by atoms with Crippen LogP contribution in [0.4, 0.5) is 0 Å². The fourth-order valence-electron chi connectivity index (χ4n) is 2.08. The summed E-state index contributed by atoms with van der Waals surface area (Å²) in [6, 6.07) is 0.770. The standard InChI is InChI=1S/C13H22N2S/c1-4-5-10-6-11(10)14-8-13-15-7-12(16-13)9(2)3/h7,9-11,14H,4-6,8H2,1-3H3. The predicted molar refractivity (Wildman–Crippen MR) is 69.8 cm³/mol. The summed E-state index contributed by atoms with van der Waals surface area (Å²) in [6.45, 7) is 7.68. The van der Waals surface area contributed by atoms with E-state index in [-0.39, 0.29) is 0 Å². The van der Waals surface area contributed by atoms with E-state index in [0.29, 0.717) is 5.92 Å². The van der Waals surface area contributed by atoms with Gasteiger partial charge in [-0.05, 0) is 24.7 Å². The Kier molecular flexibility index (Phi) is 3.98. The Morgan fingerprint density at radius 2 is 2.38 bits per heavy atom. The Balaban J connectivity index is 1.74. The lowest BCUT2D eigenvalue weighted by atomic mass is 10.2. The van der Waals surface area contributed by atoms with Crippen LogP contribution in [0.3, 0.4) is 0 Å². The van der Waals surface area contributed by atoms with Crippen LogP contribution in [0, 0.1) is 5.92 Å². The number of hydrogen-bond acceptors (Lipinski definition) is 3. The lowest BCUT2D eigenvalue weighted by Gasteiger charge is -2.00. The molecule has 0 amide bonds. The molecule has 0 aliphatic heterocycles. The van der Waals surface area contributed by atoms with Crippen LogP contribution in [0.25, 0.3) is 0 Å². The first kappa shape index (κ1) is 12.1. The number of hydrogen-bond donors (Lipinski definition) is 1. The van der Waals surface area contributed by atoms with Crippen LogP contribution >= 0.6 is 11.3 Å². The molecule has 0 aromatic carbocycles. The van der Waals surface area contributed by atoms with Crippen LogP contribution in [0.15, 0.2) is 6.20 Å². The number of aromatic nitrogens is 1. The highest BCUT2D eigenvalue weighted by Gasteiger charge is 2.35. The molecule has 0 saturated heterocycles. The smallest absolute Gasteiger partial charge is 0.107 e. The largest absolute Gasteiger partial charge is 0.307 e. The summed E-state index contributed by atoms with van der Waals surface area (Å²) in [4.78, 5) is 5.86. The van der Waals surface area contributed by atoms with E-state index in [1.165, 1.54) is 29.1 Å². The molecule has 1 fully saturated rings. The molecule has 2 atom stereocenters. The maximum atomic E-state index is 4.46. The Labute approximate surface area is 102 Å². The van der Waals surface area contributed by atoms with Gasteiger partial charge >= 0.3 is 0 Å². The van der Waals surface area contributed by atoms with Gasteiger partial charge in [-0.1, -0.05) is 27.2 Å². The summed E-state index contributed by atoms with van der Waals surface area (Å²) in [5.41, 5.74) is 0. The molecule has 3 heteroatoms. The van der Waals surface area contributed by atoms with E-state index < -0.39 is 0 Å². The fourth-order valence-corrected chi connectivity index (χ4v) is 2.95. The normalized spacial score (nSPS) is 24.0. The Bertz CT molecular complexity index is 332. The van der Waals surface area contributed by atoms with Gasteiger partial charge < -0.3 is 5.32 Å². The van der Waals surface area contributed by atoms with Gasteiger partial charge in [0.15, 0.2) is 0 Å². The van der Waals surface area contributed by atoms with E-state index in [4.69, 9.17) is 0 Å². The van der Waals surface area contributed by atoms with Crippen LogP contribution in [0.2, 0.25) is 0 Å². The summed E-state index contributed by atoms with van der Waals surface area (Å²) in [6.07, 6.45) is 6.10. The zero-order valence-corrected chi connectivity index (χ0v) is 11.3. The minimum atomic E-state index is 0.611. The van der Waals surface area contributed by atoms with Crippen molar-refractivity contribution in [2.45, 2.75) is 58.5 Å². The van der Waals surface area contributed by atoms with Crippen LogP contribution < -0.4 is 5.32 Å². The van der Waals surface area contributed by atoms with E-state index >= 15 is 0 Å². The Hall–Kier alpha value is -0.410. The molecule has 1 saturated carbocycles. The third-order valence-electron chi connectivity index (χ3n) is 3.24. The summed E-state index contributed by atoms with van der Waals surface area (Å²) in [5.74, 6) is 1.55. The van der Waals surface area contributed by atoms with Crippen molar-refractivity contribution in [1.29, 1.82) is 0 Å². The third kappa shape index (κ3) is 3.05. The fraction of sp³-hybridized carbons (Fsp3) is 0.769. The number of nitrogens with one attached hydrogen (secondary N) is 1. The highest BCUT2D eigenvalue weighted by Crippen LogP contribution is 2.34. The molecular formula is C13H22N2S. The molecule has 0 radical (unpaired) electrons. The quantitative estimate of drug-likeness (QED) is 0.820. The maximum absolute atomic E-state index is 4.46. The second-order valence-corrected chi connectivity index (χ2v) is 6.23. The van der Waals surface area contributed by atoms with Gasteiger partial charge in [-0.15, -0.1) is 11.3 Å². The first-order valence-corrected chi connectivity index (χ1v) is 7.20. The molecule has 2 unspecified atom stereocenters. The minimum absolute atomic E-state index is 0.611. The topological polar surface area (TPSA) is 24.9 Å². The summed E-state index contributed by atoms with van der Waals surface area (Å²) < 4.78 is 0. The SMILES string of the molecule is CCCC1CC1NCc1ncc(C(C)C)s1. The molecular weight excluding hydrogens is 216 g/mol.